The number of nitrogen functional groups attached to an aromatic ring is 1. The van der Waals surface area contributed by atoms with E-state index in [0.29, 0.717) is 0 Å². The second kappa shape index (κ2) is 6.82. The van der Waals surface area contributed by atoms with Gasteiger partial charge in [-0.1, -0.05) is 17.7 Å². The molecule has 0 spiro atoms. The summed E-state index contributed by atoms with van der Waals surface area (Å²) < 4.78 is 27.5. The molecule has 3 N–H and O–H groups in total. The van der Waals surface area contributed by atoms with E-state index in [1.165, 1.54) is 25.1 Å². The van der Waals surface area contributed by atoms with Crippen LogP contribution in [0, 0.1) is 0 Å². The van der Waals surface area contributed by atoms with Gasteiger partial charge in [0.25, 0.3) is 0 Å². The zero-order valence-corrected chi connectivity index (χ0v) is 10.1. The number of benzene rings is 1. The van der Waals surface area contributed by atoms with Gasteiger partial charge in [-0.15, -0.1) is 0 Å². The third-order valence-electron chi connectivity index (χ3n) is 1.67. The van der Waals surface area contributed by atoms with Crippen molar-refractivity contribution in [3.8, 4) is 5.75 Å². The predicted octanol–water partition coefficient (Wildman–Crippen LogP) is 0.363. The van der Waals surface area contributed by atoms with E-state index in [1.807, 2.05) is 0 Å². The molecule has 0 aromatic heterocycles. The Morgan fingerprint density at radius 2 is 2.12 bits per heavy atom. The van der Waals surface area contributed by atoms with E-state index in [2.05, 4.69) is 0 Å². The SMILES string of the molecule is CC(O)CS(=O)(=O)Oc1cccc(Cl)c1N.[NaH]. The molecule has 0 amide bonds. The first-order valence-corrected chi connectivity index (χ1v) is 6.41. The summed E-state index contributed by atoms with van der Waals surface area (Å²) in [6, 6.07) is 4.43. The number of hydrogen-bond acceptors (Lipinski definition) is 5. The third-order valence-corrected chi connectivity index (χ3v) is 3.33. The Hall–Kier alpha value is 0.0200. The van der Waals surface area contributed by atoms with Gasteiger partial charge in [-0.3, -0.25) is 0 Å². The zero-order chi connectivity index (χ0) is 12.3. The van der Waals surface area contributed by atoms with Gasteiger partial charge >= 0.3 is 39.7 Å². The van der Waals surface area contributed by atoms with Crippen molar-refractivity contribution in [2.75, 3.05) is 11.5 Å². The summed E-state index contributed by atoms with van der Waals surface area (Å²) in [6.45, 7) is 1.35. The summed E-state index contributed by atoms with van der Waals surface area (Å²) in [5, 5.41) is 9.19. The van der Waals surface area contributed by atoms with E-state index in [0.717, 1.165) is 0 Å². The van der Waals surface area contributed by atoms with Crippen LogP contribution in [0.2, 0.25) is 5.02 Å². The summed E-state index contributed by atoms with van der Waals surface area (Å²) in [5.41, 5.74) is 5.59. The molecule has 1 unspecified atom stereocenters. The summed E-state index contributed by atoms with van der Waals surface area (Å²) in [7, 11) is -3.86. The number of para-hydroxylation sites is 1. The fourth-order valence-electron chi connectivity index (χ4n) is 1.06. The van der Waals surface area contributed by atoms with Crippen molar-refractivity contribution in [2.24, 2.45) is 0 Å². The molecule has 0 aliphatic rings. The first-order chi connectivity index (χ1) is 7.32. The molecule has 5 nitrogen and oxygen atoms in total. The van der Waals surface area contributed by atoms with E-state index in [-0.39, 0.29) is 46.0 Å². The molecule has 0 heterocycles. The fraction of sp³-hybridized carbons (Fsp3) is 0.333. The van der Waals surface area contributed by atoms with Gasteiger partial charge in [0.1, 0.15) is 5.75 Å². The number of aliphatic hydroxyl groups excluding tert-OH is 1. The molecule has 1 aromatic carbocycles. The number of aliphatic hydroxyl groups is 1. The van der Waals surface area contributed by atoms with Crippen molar-refractivity contribution in [1.82, 2.24) is 0 Å². The Labute approximate surface area is 127 Å². The van der Waals surface area contributed by atoms with Gasteiger partial charge in [0.15, 0.2) is 5.75 Å². The topological polar surface area (TPSA) is 89.6 Å². The molecule has 17 heavy (non-hydrogen) atoms. The van der Waals surface area contributed by atoms with Crippen LogP contribution in [0.1, 0.15) is 6.92 Å². The predicted molar refractivity (Wildman–Crippen MR) is 69.1 cm³/mol. The van der Waals surface area contributed by atoms with Crippen LogP contribution >= 0.6 is 11.6 Å². The fourth-order valence-corrected chi connectivity index (χ4v) is 2.30. The second-order valence-corrected chi connectivity index (χ2v) is 5.33. The normalized spacial score (nSPS) is 12.6. The second-order valence-electron chi connectivity index (χ2n) is 3.31. The molecule has 0 radical (unpaired) electrons. The van der Waals surface area contributed by atoms with Crippen molar-refractivity contribution >= 4 is 57.0 Å². The summed E-state index contributed by atoms with van der Waals surface area (Å²) in [6.07, 6.45) is -1.01. The van der Waals surface area contributed by atoms with Crippen LogP contribution in [0.3, 0.4) is 0 Å². The Morgan fingerprint density at radius 1 is 1.53 bits per heavy atom. The minimum absolute atomic E-state index is 0. The van der Waals surface area contributed by atoms with E-state index in [1.54, 1.807) is 0 Å². The van der Waals surface area contributed by atoms with Crippen LogP contribution in [0.15, 0.2) is 18.2 Å². The van der Waals surface area contributed by atoms with Gasteiger partial charge in [-0.2, -0.15) is 8.42 Å². The molecule has 0 saturated carbocycles. The zero-order valence-electron chi connectivity index (χ0n) is 8.55. The quantitative estimate of drug-likeness (QED) is 0.475. The molecule has 92 valence electrons. The molecular formula is C9H13ClNNaO4S. The number of rotatable bonds is 4. The Kier molecular flexibility index (Phi) is 6.83. The van der Waals surface area contributed by atoms with Crippen LogP contribution in [0.4, 0.5) is 5.69 Å². The van der Waals surface area contributed by atoms with Crippen molar-refractivity contribution in [2.45, 2.75) is 13.0 Å². The molecule has 8 heteroatoms. The first kappa shape index (κ1) is 17.0. The van der Waals surface area contributed by atoms with Gasteiger partial charge in [0, 0.05) is 0 Å². The average molecular weight is 290 g/mol. The van der Waals surface area contributed by atoms with Crippen molar-refractivity contribution in [3.63, 3.8) is 0 Å². The standard InChI is InChI=1S/C9H12ClNO4S.Na.H/c1-6(12)5-16(13,14)15-8-4-2-3-7(10)9(8)11;;/h2-4,6,12H,5,11H2,1H3;;. The molecule has 0 aliphatic carbocycles. The molecule has 1 atom stereocenters. The van der Waals surface area contributed by atoms with E-state index in [9.17, 15) is 8.42 Å². The van der Waals surface area contributed by atoms with Gasteiger partial charge in [-0.25, -0.2) is 0 Å². The minimum atomic E-state index is -3.86. The number of hydrogen-bond donors (Lipinski definition) is 2. The van der Waals surface area contributed by atoms with Gasteiger partial charge in [0.2, 0.25) is 0 Å². The Bertz CT molecular complexity index is 478. The summed E-state index contributed by atoms with van der Waals surface area (Å²) in [5.74, 6) is -0.535. The maximum atomic E-state index is 11.4. The van der Waals surface area contributed by atoms with Crippen LogP contribution in [0.25, 0.3) is 0 Å². The van der Waals surface area contributed by atoms with Gasteiger partial charge in [0.05, 0.1) is 16.8 Å². The van der Waals surface area contributed by atoms with E-state index >= 15 is 0 Å². The van der Waals surface area contributed by atoms with Gasteiger partial charge in [-0.05, 0) is 19.1 Å². The van der Waals surface area contributed by atoms with E-state index in [4.69, 9.17) is 26.6 Å². The third kappa shape index (κ3) is 5.46. The number of nitrogens with two attached hydrogens (primary N) is 1. The van der Waals surface area contributed by atoms with Crippen LogP contribution < -0.4 is 9.92 Å². The molecule has 0 fully saturated rings. The van der Waals surface area contributed by atoms with Crippen molar-refractivity contribution < 1.29 is 17.7 Å². The number of anilines is 1. The summed E-state index contributed by atoms with van der Waals surface area (Å²) in [4.78, 5) is 0. The van der Waals surface area contributed by atoms with Crippen LogP contribution in [-0.2, 0) is 10.1 Å². The number of halogens is 1. The Morgan fingerprint density at radius 3 is 2.65 bits per heavy atom. The Balaban J connectivity index is 0.00000256. The van der Waals surface area contributed by atoms with E-state index < -0.39 is 22.0 Å². The monoisotopic (exact) mass is 289 g/mol. The molecular weight excluding hydrogens is 277 g/mol. The molecule has 0 saturated heterocycles. The van der Waals surface area contributed by atoms with Crippen LogP contribution in [-0.4, -0.2) is 54.9 Å². The maximum absolute atomic E-state index is 11.4. The molecule has 1 aromatic rings. The van der Waals surface area contributed by atoms with Gasteiger partial charge < -0.3 is 15.0 Å². The van der Waals surface area contributed by atoms with Crippen molar-refractivity contribution in [3.05, 3.63) is 23.2 Å². The first-order valence-electron chi connectivity index (χ1n) is 4.46. The van der Waals surface area contributed by atoms with Crippen molar-refractivity contribution in [1.29, 1.82) is 0 Å². The molecule has 0 aliphatic heterocycles. The summed E-state index contributed by atoms with van der Waals surface area (Å²) >= 11 is 5.70. The average Bonchev–Trinajstić information content (AvgIpc) is 2.10. The molecule has 1 rings (SSSR count). The molecule has 0 bridgehead atoms. The van der Waals surface area contributed by atoms with Crippen LogP contribution in [0.5, 0.6) is 5.75 Å².